The summed E-state index contributed by atoms with van der Waals surface area (Å²) in [5, 5.41) is 18.6. The maximum Gasteiger partial charge on any atom is 0.161 e. The second kappa shape index (κ2) is 8.84. The highest BCUT2D eigenvalue weighted by atomic mass is 16.5. The molecule has 32 heavy (non-hydrogen) atoms. The maximum atomic E-state index is 5.96. The second-order valence-electron chi connectivity index (χ2n) is 8.31. The van der Waals surface area contributed by atoms with E-state index in [1.54, 1.807) is 12.4 Å². The van der Waals surface area contributed by atoms with E-state index in [0.29, 0.717) is 24.5 Å². The van der Waals surface area contributed by atoms with Gasteiger partial charge in [0.05, 0.1) is 24.0 Å². The topological polar surface area (TPSA) is 99.8 Å². The molecule has 3 heterocycles. The number of benzene rings is 2. The standard InChI is InChI=1S/C24H27N7O/c1-15(2)26-14-19-8-10-32-22-6-3-16(12-21(22)28-19)24-25-9-7-23(30-24)29-18-4-5-20-17(11-18)13-27-31-20/h3-7,9,11-13,15,19,26,28H,8,10,14H2,1-2H3,(H,27,31)(H,25,29,30). The minimum atomic E-state index is 0.306. The van der Waals surface area contributed by atoms with Gasteiger partial charge in [-0.1, -0.05) is 13.8 Å². The lowest BCUT2D eigenvalue weighted by Crippen LogP contribution is -2.36. The highest BCUT2D eigenvalue weighted by Gasteiger charge is 2.18. The summed E-state index contributed by atoms with van der Waals surface area (Å²) in [5.74, 6) is 2.25. The van der Waals surface area contributed by atoms with Gasteiger partial charge in [0.25, 0.3) is 0 Å². The van der Waals surface area contributed by atoms with Gasteiger partial charge in [0.2, 0.25) is 0 Å². The zero-order valence-electron chi connectivity index (χ0n) is 18.2. The Bertz CT molecular complexity index is 1220. The van der Waals surface area contributed by atoms with Crippen LogP contribution in [0.3, 0.4) is 0 Å². The number of nitrogens with one attached hydrogen (secondary N) is 4. The summed E-state index contributed by atoms with van der Waals surface area (Å²) in [4.78, 5) is 9.23. The Labute approximate surface area is 186 Å². The molecule has 1 aliphatic heterocycles. The molecule has 0 spiro atoms. The summed E-state index contributed by atoms with van der Waals surface area (Å²) in [6.07, 6.45) is 4.52. The number of nitrogens with zero attached hydrogens (tertiary/aromatic N) is 3. The number of aromatic nitrogens is 4. The molecule has 1 aliphatic rings. The summed E-state index contributed by atoms with van der Waals surface area (Å²) in [6.45, 7) is 5.90. The van der Waals surface area contributed by atoms with Crippen molar-refractivity contribution in [3.05, 3.63) is 54.9 Å². The number of anilines is 3. The molecule has 5 rings (SSSR count). The zero-order chi connectivity index (χ0) is 21.9. The number of rotatable bonds is 6. The van der Waals surface area contributed by atoms with Crippen molar-refractivity contribution < 1.29 is 4.74 Å². The van der Waals surface area contributed by atoms with Crippen molar-refractivity contribution >= 4 is 28.1 Å². The number of H-pyrrole nitrogens is 1. The van der Waals surface area contributed by atoms with E-state index in [4.69, 9.17) is 9.72 Å². The molecule has 0 bridgehead atoms. The van der Waals surface area contributed by atoms with Crippen LogP contribution in [-0.2, 0) is 0 Å². The van der Waals surface area contributed by atoms with Gasteiger partial charge >= 0.3 is 0 Å². The van der Waals surface area contributed by atoms with Gasteiger partial charge < -0.3 is 20.7 Å². The van der Waals surface area contributed by atoms with Gasteiger partial charge in [-0.05, 0) is 42.5 Å². The van der Waals surface area contributed by atoms with Crippen LogP contribution in [0.25, 0.3) is 22.3 Å². The Morgan fingerprint density at radius 1 is 1.16 bits per heavy atom. The summed E-state index contributed by atoms with van der Waals surface area (Å²) in [7, 11) is 0. The molecule has 1 unspecified atom stereocenters. The molecule has 0 saturated heterocycles. The van der Waals surface area contributed by atoms with Crippen LogP contribution in [0.4, 0.5) is 17.2 Å². The minimum absolute atomic E-state index is 0.306. The maximum absolute atomic E-state index is 5.96. The third-order valence-electron chi connectivity index (χ3n) is 5.46. The van der Waals surface area contributed by atoms with Crippen LogP contribution in [0.15, 0.2) is 54.9 Å². The normalized spacial score (nSPS) is 15.7. The van der Waals surface area contributed by atoms with E-state index in [0.717, 1.165) is 52.4 Å². The number of ether oxygens (including phenoxy) is 1. The summed E-state index contributed by atoms with van der Waals surface area (Å²) >= 11 is 0. The molecule has 0 aliphatic carbocycles. The van der Waals surface area contributed by atoms with E-state index in [-0.39, 0.29) is 0 Å². The third-order valence-corrected chi connectivity index (χ3v) is 5.46. The molecule has 4 N–H and O–H groups in total. The molecule has 0 fully saturated rings. The van der Waals surface area contributed by atoms with E-state index >= 15 is 0 Å². The molecule has 1 atom stereocenters. The van der Waals surface area contributed by atoms with Crippen molar-refractivity contribution in [1.82, 2.24) is 25.5 Å². The lowest BCUT2D eigenvalue weighted by molar-refractivity contribution is 0.309. The Morgan fingerprint density at radius 2 is 2.09 bits per heavy atom. The van der Waals surface area contributed by atoms with Crippen molar-refractivity contribution in [2.75, 3.05) is 23.8 Å². The Kier molecular flexibility index (Phi) is 5.60. The first-order valence-corrected chi connectivity index (χ1v) is 10.9. The predicted octanol–water partition coefficient (Wildman–Crippen LogP) is 4.32. The van der Waals surface area contributed by atoms with Crippen molar-refractivity contribution in [2.45, 2.75) is 32.4 Å². The molecule has 8 heteroatoms. The first-order chi connectivity index (χ1) is 15.6. The van der Waals surface area contributed by atoms with E-state index in [1.165, 1.54) is 0 Å². The van der Waals surface area contributed by atoms with E-state index in [2.05, 4.69) is 51.0 Å². The van der Waals surface area contributed by atoms with Crippen LogP contribution >= 0.6 is 0 Å². The van der Waals surface area contributed by atoms with Crippen LogP contribution in [0.2, 0.25) is 0 Å². The van der Waals surface area contributed by atoms with Crippen LogP contribution in [0.1, 0.15) is 20.3 Å². The summed E-state index contributed by atoms with van der Waals surface area (Å²) in [6, 6.07) is 14.7. The van der Waals surface area contributed by atoms with Gasteiger partial charge in [0.15, 0.2) is 5.82 Å². The number of hydrogen-bond donors (Lipinski definition) is 4. The Balaban J connectivity index is 1.37. The summed E-state index contributed by atoms with van der Waals surface area (Å²) in [5.41, 5.74) is 3.86. The van der Waals surface area contributed by atoms with Gasteiger partial charge in [0, 0.05) is 47.9 Å². The van der Waals surface area contributed by atoms with Gasteiger partial charge in [-0.2, -0.15) is 5.10 Å². The van der Waals surface area contributed by atoms with Crippen molar-refractivity contribution in [1.29, 1.82) is 0 Å². The predicted molar refractivity (Wildman–Crippen MR) is 128 cm³/mol. The third kappa shape index (κ3) is 4.50. The van der Waals surface area contributed by atoms with Crippen molar-refractivity contribution in [3.8, 4) is 17.1 Å². The van der Waals surface area contributed by atoms with Crippen LogP contribution in [-0.4, -0.2) is 45.4 Å². The van der Waals surface area contributed by atoms with Crippen LogP contribution in [0, 0.1) is 0 Å². The molecular weight excluding hydrogens is 402 g/mol. The molecule has 2 aromatic heterocycles. The Hall–Kier alpha value is -3.65. The zero-order valence-corrected chi connectivity index (χ0v) is 18.2. The van der Waals surface area contributed by atoms with Gasteiger partial charge in [-0.15, -0.1) is 0 Å². The molecule has 0 radical (unpaired) electrons. The van der Waals surface area contributed by atoms with Gasteiger partial charge in [-0.25, -0.2) is 9.97 Å². The second-order valence-corrected chi connectivity index (χ2v) is 8.31. The average molecular weight is 430 g/mol. The molecule has 8 nitrogen and oxygen atoms in total. The van der Waals surface area contributed by atoms with Crippen molar-refractivity contribution in [2.24, 2.45) is 0 Å². The lowest BCUT2D eigenvalue weighted by atomic mass is 10.1. The molecular formula is C24H27N7O. The van der Waals surface area contributed by atoms with Crippen LogP contribution in [0.5, 0.6) is 5.75 Å². The smallest absolute Gasteiger partial charge is 0.161 e. The first kappa shape index (κ1) is 20.3. The molecule has 2 aromatic carbocycles. The largest absolute Gasteiger partial charge is 0.491 e. The quantitative estimate of drug-likeness (QED) is 0.362. The monoisotopic (exact) mass is 429 g/mol. The minimum Gasteiger partial charge on any atom is -0.491 e. The highest BCUT2D eigenvalue weighted by Crippen LogP contribution is 2.32. The molecule has 164 valence electrons. The SMILES string of the molecule is CC(C)NCC1CCOc2ccc(-c3nccc(Nc4ccc5[nH]ncc5c4)n3)cc2N1. The van der Waals surface area contributed by atoms with E-state index in [9.17, 15) is 0 Å². The fraction of sp³-hybridized carbons (Fsp3) is 0.292. The molecule has 0 amide bonds. The number of hydrogen-bond acceptors (Lipinski definition) is 7. The van der Waals surface area contributed by atoms with E-state index in [1.807, 2.05) is 36.4 Å². The fourth-order valence-corrected chi connectivity index (χ4v) is 3.78. The van der Waals surface area contributed by atoms with E-state index < -0.39 is 0 Å². The first-order valence-electron chi connectivity index (χ1n) is 10.9. The molecule has 4 aromatic rings. The average Bonchev–Trinajstić information content (AvgIpc) is 3.16. The highest BCUT2D eigenvalue weighted by molar-refractivity contribution is 5.82. The van der Waals surface area contributed by atoms with Gasteiger partial charge in [0.1, 0.15) is 11.6 Å². The Morgan fingerprint density at radius 3 is 3.00 bits per heavy atom. The fourth-order valence-electron chi connectivity index (χ4n) is 3.78. The van der Waals surface area contributed by atoms with Gasteiger partial charge in [-0.3, -0.25) is 5.10 Å². The molecule has 0 saturated carbocycles. The lowest BCUT2D eigenvalue weighted by Gasteiger charge is -2.19. The summed E-state index contributed by atoms with van der Waals surface area (Å²) < 4.78 is 5.96. The number of fused-ring (bicyclic) bond motifs is 2. The van der Waals surface area contributed by atoms with Crippen molar-refractivity contribution in [3.63, 3.8) is 0 Å². The number of aromatic amines is 1. The van der Waals surface area contributed by atoms with Crippen LogP contribution < -0.4 is 20.7 Å².